The predicted molar refractivity (Wildman–Crippen MR) is 119 cm³/mol. The molecule has 1 fully saturated rings. The number of carbonyl (C=O) groups excluding carboxylic acids is 1. The van der Waals surface area contributed by atoms with Crippen molar-refractivity contribution in [3.05, 3.63) is 71.2 Å². The third kappa shape index (κ3) is 5.73. The molecule has 0 radical (unpaired) electrons. The monoisotopic (exact) mass is 460 g/mol. The number of thiazole rings is 1. The smallest absolute Gasteiger partial charge is 0.324 e. The van der Waals surface area contributed by atoms with E-state index in [1.807, 2.05) is 35.2 Å². The number of rotatable bonds is 6. The van der Waals surface area contributed by atoms with Gasteiger partial charge >= 0.3 is 6.18 Å². The van der Waals surface area contributed by atoms with Gasteiger partial charge in [-0.05, 0) is 12.1 Å². The van der Waals surface area contributed by atoms with Crippen molar-refractivity contribution in [2.24, 2.45) is 0 Å². The van der Waals surface area contributed by atoms with Crippen LogP contribution in [0.1, 0.15) is 11.3 Å². The van der Waals surface area contributed by atoms with Crippen LogP contribution < -0.4 is 5.32 Å². The molecular weight excluding hydrogens is 437 g/mol. The SMILES string of the molecule is O=C(CN1CCN(Cc2csc(-c3ccccc3)n2)CC1)Nc1ccccc1C(F)(F)F. The molecular formula is C23H23F3N4OS. The summed E-state index contributed by atoms with van der Waals surface area (Å²) in [4.78, 5) is 21.3. The van der Waals surface area contributed by atoms with Crippen LogP contribution in [0.5, 0.6) is 0 Å². The highest BCUT2D eigenvalue weighted by atomic mass is 32.1. The number of aromatic nitrogens is 1. The van der Waals surface area contributed by atoms with Gasteiger partial charge in [0.2, 0.25) is 5.91 Å². The Morgan fingerprint density at radius 3 is 2.34 bits per heavy atom. The normalized spacial score (nSPS) is 15.6. The predicted octanol–water partition coefficient (Wildman–Crippen LogP) is 4.59. The lowest BCUT2D eigenvalue weighted by molar-refractivity contribution is -0.137. The Balaban J connectivity index is 1.26. The number of amides is 1. The Morgan fingerprint density at radius 1 is 0.969 bits per heavy atom. The molecule has 1 saturated heterocycles. The van der Waals surface area contributed by atoms with Gasteiger partial charge in [0.25, 0.3) is 0 Å². The van der Waals surface area contributed by atoms with E-state index >= 15 is 0 Å². The van der Waals surface area contributed by atoms with Crippen LogP contribution in [0, 0.1) is 0 Å². The molecule has 2 heterocycles. The van der Waals surface area contributed by atoms with Crippen molar-refractivity contribution < 1.29 is 18.0 Å². The van der Waals surface area contributed by atoms with E-state index in [4.69, 9.17) is 4.98 Å². The molecule has 0 saturated carbocycles. The summed E-state index contributed by atoms with van der Waals surface area (Å²) in [6.07, 6.45) is -4.51. The van der Waals surface area contributed by atoms with Crippen molar-refractivity contribution in [3.8, 4) is 10.6 Å². The fourth-order valence-corrected chi connectivity index (χ4v) is 4.48. The molecule has 0 atom stereocenters. The number of hydrogen-bond donors (Lipinski definition) is 1. The molecule has 3 aromatic rings. The molecule has 9 heteroatoms. The van der Waals surface area contributed by atoms with E-state index < -0.39 is 17.6 Å². The van der Waals surface area contributed by atoms with Gasteiger partial charge < -0.3 is 5.32 Å². The number of alkyl halides is 3. The highest BCUT2D eigenvalue weighted by Gasteiger charge is 2.33. The molecule has 1 amide bonds. The van der Waals surface area contributed by atoms with E-state index in [1.54, 1.807) is 11.3 Å². The molecule has 0 unspecified atom stereocenters. The zero-order valence-corrected chi connectivity index (χ0v) is 18.1. The van der Waals surface area contributed by atoms with Gasteiger partial charge in [0.15, 0.2) is 0 Å². The molecule has 0 aliphatic carbocycles. The van der Waals surface area contributed by atoms with Crippen LogP contribution in [-0.4, -0.2) is 53.4 Å². The second kappa shape index (κ2) is 9.81. The lowest BCUT2D eigenvalue weighted by Gasteiger charge is -2.33. The van der Waals surface area contributed by atoms with Gasteiger partial charge in [-0.15, -0.1) is 11.3 Å². The molecule has 0 bridgehead atoms. The minimum atomic E-state index is -4.51. The first-order valence-corrected chi connectivity index (χ1v) is 11.2. The Morgan fingerprint density at radius 2 is 1.62 bits per heavy atom. The van der Waals surface area contributed by atoms with Crippen LogP contribution in [-0.2, 0) is 17.5 Å². The summed E-state index contributed by atoms with van der Waals surface area (Å²) in [5.41, 5.74) is 1.08. The van der Waals surface area contributed by atoms with E-state index in [2.05, 4.69) is 15.6 Å². The van der Waals surface area contributed by atoms with Gasteiger partial charge in [-0.3, -0.25) is 14.6 Å². The number of anilines is 1. The first-order valence-electron chi connectivity index (χ1n) is 10.3. The summed E-state index contributed by atoms with van der Waals surface area (Å²) < 4.78 is 39.3. The Kier molecular flexibility index (Phi) is 6.88. The molecule has 32 heavy (non-hydrogen) atoms. The lowest BCUT2D eigenvalue weighted by atomic mass is 10.1. The Hall–Kier alpha value is -2.75. The maximum Gasteiger partial charge on any atom is 0.418 e. The van der Waals surface area contributed by atoms with Crippen molar-refractivity contribution in [1.29, 1.82) is 0 Å². The number of carbonyl (C=O) groups is 1. The molecule has 0 spiro atoms. The Bertz CT molecular complexity index is 1050. The van der Waals surface area contributed by atoms with Crippen LogP contribution in [0.4, 0.5) is 18.9 Å². The molecule has 4 rings (SSSR count). The van der Waals surface area contributed by atoms with Crippen LogP contribution >= 0.6 is 11.3 Å². The zero-order valence-electron chi connectivity index (χ0n) is 17.3. The number of halogens is 3. The molecule has 2 aromatic carbocycles. The largest absolute Gasteiger partial charge is 0.418 e. The highest BCUT2D eigenvalue weighted by molar-refractivity contribution is 7.13. The molecule has 1 aromatic heterocycles. The van der Waals surface area contributed by atoms with Gasteiger partial charge in [0.1, 0.15) is 5.01 Å². The molecule has 1 aliphatic rings. The van der Waals surface area contributed by atoms with Gasteiger partial charge in [-0.25, -0.2) is 4.98 Å². The van der Waals surface area contributed by atoms with Crippen LogP contribution in [0.3, 0.4) is 0 Å². The van der Waals surface area contributed by atoms with E-state index in [0.29, 0.717) is 13.1 Å². The highest BCUT2D eigenvalue weighted by Crippen LogP contribution is 2.34. The second-order valence-corrected chi connectivity index (χ2v) is 8.51. The summed E-state index contributed by atoms with van der Waals surface area (Å²) in [7, 11) is 0. The summed E-state index contributed by atoms with van der Waals surface area (Å²) in [5, 5.41) is 5.48. The van der Waals surface area contributed by atoms with Crippen molar-refractivity contribution in [3.63, 3.8) is 0 Å². The number of para-hydroxylation sites is 1. The first-order chi connectivity index (χ1) is 15.4. The summed E-state index contributed by atoms with van der Waals surface area (Å²) >= 11 is 1.62. The molecule has 168 valence electrons. The van der Waals surface area contributed by atoms with E-state index in [0.717, 1.165) is 42.0 Å². The number of piperazine rings is 1. The van der Waals surface area contributed by atoms with Gasteiger partial charge in [0, 0.05) is 43.7 Å². The maximum absolute atomic E-state index is 13.1. The van der Waals surface area contributed by atoms with Crippen molar-refractivity contribution in [2.45, 2.75) is 12.7 Å². The van der Waals surface area contributed by atoms with Gasteiger partial charge in [-0.1, -0.05) is 42.5 Å². The molecule has 5 nitrogen and oxygen atoms in total. The standard InChI is InChI=1S/C23H23F3N4OS/c24-23(25,26)19-8-4-5-9-20(19)28-21(31)15-30-12-10-29(11-13-30)14-18-16-32-22(27-18)17-6-2-1-3-7-17/h1-9,16H,10-15H2,(H,28,31). The number of nitrogens with zero attached hydrogens (tertiary/aromatic N) is 3. The maximum atomic E-state index is 13.1. The van der Waals surface area contributed by atoms with Crippen LogP contribution in [0.15, 0.2) is 60.0 Å². The second-order valence-electron chi connectivity index (χ2n) is 7.65. The fourth-order valence-electron chi connectivity index (χ4n) is 3.66. The molecule has 1 N–H and O–H groups in total. The minimum absolute atomic E-state index is 0.0644. The van der Waals surface area contributed by atoms with Crippen LogP contribution in [0.25, 0.3) is 10.6 Å². The van der Waals surface area contributed by atoms with Crippen LogP contribution in [0.2, 0.25) is 0 Å². The average molecular weight is 461 g/mol. The molecule has 1 aliphatic heterocycles. The number of benzene rings is 2. The van der Waals surface area contributed by atoms with Crippen molar-refractivity contribution in [1.82, 2.24) is 14.8 Å². The van der Waals surface area contributed by atoms with E-state index in [9.17, 15) is 18.0 Å². The summed E-state index contributed by atoms with van der Waals surface area (Å²) in [6.45, 7) is 3.68. The van der Waals surface area contributed by atoms with Gasteiger partial charge in [-0.2, -0.15) is 13.2 Å². The van der Waals surface area contributed by atoms with Gasteiger partial charge in [0.05, 0.1) is 23.5 Å². The summed E-state index contributed by atoms with van der Waals surface area (Å²) in [5.74, 6) is -0.442. The van der Waals surface area contributed by atoms with Crippen molar-refractivity contribution in [2.75, 3.05) is 38.0 Å². The number of nitrogens with one attached hydrogen (secondary N) is 1. The minimum Gasteiger partial charge on any atom is -0.324 e. The van der Waals surface area contributed by atoms with E-state index in [-0.39, 0.29) is 12.2 Å². The fraction of sp³-hybridized carbons (Fsp3) is 0.304. The number of hydrogen-bond acceptors (Lipinski definition) is 5. The Labute approximate surface area is 188 Å². The lowest BCUT2D eigenvalue weighted by Crippen LogP contribution is -2.48. The average Bonchev–Trinajstić information content (AvgIpc) is 3.24. The van der Waals surface area contributed by atoms with Crippen molar-refractivity contribution >= 4 is 22.9 Å². The first kappa shape index (κ1) is 22.4. The third-order valence-electron chi connectivity index (χ3n) is 5.30. The van der Waals surface area contributed by atoms with E-state index in [1.165, 1.54) is 18.2 Å². The third-order valence-corrected chi connectivity index (χ3v) is 6.24. The summed E-state index contributed by atoms with van der Waals surface area (Å²) in [6, 6.07) is 15.1. The zero-order chi connectivity index (χ0) is 22.6. The topological polar surface area (TPSA) is 48.5 Å². The quantitative estimate of drug-likeness (QED) is 0.585.